The number of hydrogen-bond acceptors (Lipinski definition) is 13. The number of hydrogen-bond donors (Lipinski definition) is 12. The molecule has 23 heteroatoms. The van der Waals surface area contributed by atoms with Crippen LogP contribution < -0.4 is 48.7 Å². The standard InChI is InChI=1S/C48H86N10O13/c1-25(2)20-30(50)40(62)51-31(16-17-38(60)61)41(63)52-32(14-11-12-18-49)47(69)58-19-13-15-37(58)45(67)57-39(29(9)10)46(68)56-36(24-59)44(66)54-33(21-26(3)4)42(64)53-34(22-27(5)6)43(65)55-35(48(70)71)23-28(7)8/h25-37,39,59H,11-24,49-50H2,1-10H3,(H,51,62)(H,52,63)(H,53,64)(H,54,66)(H,55,65)(H,56,68)(H,57,67)(H,60,61)(H,70,71)/t30-,31-,32-,33-,34-,35-,36-,37-,39-/m0/s1. The molecular formula is C48H86N10O13. The van der Waals surface area contributed by atoms with Crippen molar-refractivity contribution in [2.75, 3.05) is 19.7 Å². The largest absolute Gasteiger partial charge is 0.481 e. The fourth-order valence-corrected chi connectivity index (χ4v) is 8.11. The van der Waals surface area contributed by atoms with Gasteiger partial charge in [-0.3, -0.25) is 43.2 Å². The van der Waals surface area contributed by atoms with E-state index in [-0.39, 0.29) is 75.3 Å². The zero-order valence-electron chi connectivity index (χ0n) is 43.5. The first-order valence-corrected chi connectivity index (χ1v) is 25.1. The summed E-state index contributed by atoms with van der Waals surface area (Å²) in [6.07, 6.45) is 1.48. The Kier molecular flexibility index (Phi) is 28.5. The summed E-state index contributed by atoms with van der Waals surface area (Å²) in [6.45, 7) is 17.3. The van der Waals surface area contributed by atoms with Crippen molar-refractivity contribution in [3.8, 4) is 0 Å². The SMILES string of the molecule is CC(C)C[C@H](NC(=O)[C@H](CC(C)C)NC(=O)[C@H](CC(C)C)NC(=O)[C@H](CO)NC(=O)[C@@H](NC(=O)[C@@H]1CCCN1C(=O)[C@H](CCCCN)NC(=O)[C@H](CCC(=O)O)NC(=O)[C@@H](N)CC(C)C)C(C)C)C(=O)O. The van der Waals surface area contributed by atoms with Crippen molar-refractivity contribution in [3.05, 3.63) is 0 Å². The van der Waals surface area contributed by atoms with E-state index in [0.717, 1.165) is 0 Å². The molecule has 1 saturated heterocycles. The molecule has 1 aliphatic rings. The van der Waals surface area contributed by atoms with E-state index in [1.807, 2.05) is 41.5 Å². The van der Waals surface area contributed by atoms with Crippen molar-refractivity contribution < 1.29 is 63.3 Å². The van der Waals surface area contributed by atoms with Gasteiger partial charge in [-0.05, 0) is 100 Å². The lowest BCUT2D eigenvalue weighted by Gasteiger charge is -2.31. The highest BCUT2D eigenvalue weighted by Crippen LogP contribution is 2.21. The van der Waals surface area contributed by atoms with Crippen LogP contribution in [0.3, 0.4) is 0 Å². The van der Waals surface area contributed by atoms with E-state index in [4.69, 9.17) is 11.5 Å². The van der Waals surface area contributed by atoms with E-state index < -0.39 is 133 Å². The third kappa shape index (κ3) is 23.1. The van der Waals surface area contributed by atoms with Gasteiger partial charge in [0.05, 0.1) is 12.6 Å². The lowest BCUT2D eigenvalue weighted by Crippen LogP contribution is -2.61. The Morgan fingerprint density at radius 3 is 1.46 bits per heavy atom. The molecule has 0 aromatic carbocycles. The summed E-state index contributed by atoms with van der Waals surface area (Å²) in [5.74, 6) is -9.37. The van der Waals surface area contributed by atoms with Crippen molar-refractivity contribution in [1.29, 1.82) is 0 Å². The number of carboxylic acid groups (broad SMARTS) is 2. The molecule has 0 saturated carbocycles. The minimum absolute atomic E-state index is 0.0529. The van der Waals surface area contributed by atoms with Crippen LogP contribution >= 0.6 is 0 Å². The maximum absolute atomic E-state index is 14.3. The molecule has 14 N–H and O–H groups in total. The number of aliphatic hydroxyl groups is 1. The summed E-state index contributed by atoms with van der Waals surface area (Å²) in [7, 11) is 0. The summed E-state index contributed by atoms with van der Waals surface area (Å²) in [5.41, 5.74) is 11.7. The van der Waals surface area contributed by atoms with Gasteiger partial charge in [0.2, 0.25) is 47.3 Å². The molecule has 1 heterocycles. The highest BCUT2D eigenvalue weighted by Gasteiger charge is 2.41. The Balaban J connectivity index is 3.30. The normalized spacial score (nSPS) is 17.1. The number of likely N-dealkylation sites (tertiary alicyclic amines) is 1. The molecule has 1 fully saturated rings. The zero-order valence-corrected chi connectivity index (χ0v) is 43.5. The van der Waals surface area contributed by atoms with Gasteiger partial charge in [-0.1, -0.05) is 69.2 Å². The van der Waals surface area contributed by atoms with Gasteiger partial charge >= 0.3 is 11.9 Å². The van der Waals surface area contributed by atoms with Crippen LogP contribution in [-0.4, -0.2) is 153 Å². The number of carbonyl (C=O) groups excluding carboxylic acids is 8. The van der Waals surface area contributed by atoms with E-state index in [1.165, 1.54) is 4.90 Å². The second-order valence-corrected chi connectivity index (χ2v) is 20.6. The quantitative estimate of drug-likeness (QED) is 0.0373. The molecule has 23 nitrogen and oxygen atoms in total. The number of nitrogens with one attached hydrogen (secondary N) is 7. The summed E-state index contributed by atoms with van der Waals surface area (Å²) in [4.78, 5) is 134. The molecule has 0 aromatic rings. The highest BCUT2D eigenvalue weighted by atomic mass is 16.4. The molecule has 406 valence electrons. The smallest absolute Gasteiger partial charge is 0.326 e. The number of carbonyl (C=O) groups is 10. The molecule has 0 unspecified atom stereocenters. The lowest BCUT2D eigenvalue weighted by atomic mass is 9.98. The molecule has 1 rings (SSSR count). The van der Waals surface area contributed by atoms with E-state index >= 15 is 0 Å². The maximum Gasteiger partial charge on any atom is 0.326 e. The van der Waals surface area contributed by atoms with Crippen molar-refractivity contribution in [1.82, 2.24) is 42.1 Å². The number of carboxylic acids is 2. The number of rotatable bonds is 33. The van der Waals surface area contributed by atoms with Crippen LogP contribution in [0.15, 0.2) is 0 Å². The van der Waals surface area contributed by atoms with Crippen molar-refractivity contribution in [2.24, 2.45) is 41.1 Å². The number of unbranched alkanes of at least 4 members (excludes halogenated alkanes) is 1. The highest BCUT2D eigenvalue weighted by molar-refractivity contribution is 5.98. The van der Waals surface area contributed by atoms with Gasteiger partial charge in [-0.25, -0.2) is 4.79 Å². The fraction of sp³-hybridized carbons (Fsp3) is 0.792. The number of nitrogens with two attached hydrogens (primary N) is 2. The second kappa shape index (κ2) is 31.8. The maximum atomic E-state index is 14.3. The molecule has 1 aliphatic heterocycles. The summed E-state index contributed by atoms with van der Waals surface area (Å²) in [5, 5.41) is 47.5. The summed E-state index contributed by atoms with van der Waals surface area (Å²) < 4.78 is 0. The van der Waals surface area contributed by atoms with Gasteiger partial charge in [-0.15, -0.1) is 0 Å². The van der Waals surface area contributed by atoms with Gasteiger partial charge in [0.15, 0.2) is 0 Å². The molecule has 0 spiro atoms. The first kappa shape index (κ1) is 63.6. The van der Waals surface area contributed by atoms with E-state index in [0.29, 0.717) is 25.7 Å². The Hall–Kier alpha value is -5.42. The zero-order chi connectivity index (χ0) is 54.3. The van der Waals surface area contributed by atoms with Gasteiger partial charge in [-0.2, -0.15) is 0 Å². The molecular weight excluding hydrogens is 925 g/mol. The molecule has 0 aliphatic carbocycles. The van der Waals surface area contributed by atoms with Crippen LogP contribution in [0.1, 0.15) is 140 Å². The number of aliphatic carboxylic acids is 2. The minimum Gasteiger partial charge on any atom is -0.481 e. The van der Waals surface area contributed by atoms with Crippen LogP contribution in [-0.2, 0) is 47.9 Å². The topological polar surface area (TPSA) is 371 Å². The summed E-state index contributed by atoms with van der Waals surface area (Å²) in [6, 6.07) is -11.1. The summed E-state index contributed by atoms with van der Waals surface area (Å²) >= 11 is 0. The third-order valence-corrected chi connectivity index (χ3v) is 11.8. The number of amides is 8. The predicted molar refractivity (Wildman–Crippen MR) is 263 cm³/mol. The Morgan fingerprint density at radius 2 is 1.00 bits per heavy atom. The van der Waals surface area contributed by atoms with Crippen molar-refractivity contribution in [3.63, 3.8) is 0 Å². The van der Waals surface area contributed by atoms with E-state index in [9.17, 15) is 63.3 Å². The monoisotopic (exact) mass is 1010 g/mol. The Morgan fingerprint density at radius 1 is 0.549 bits per heavy atom. The Labute approximate surface area is 418 Å². The van der Waals surface area contributed by atoms with E-state index in [1.54, 1.807) is 27.7 Å². The second-order valence-electron chi connectivity index (χ2n) is 20.6. The van der Waals surface area contributed by atoms with Crippen molar-refractivity contribution in [2.45, 2.75) is 194 Å². The first-order chi connectivity index (χ1) is 33.1. The fourth-order valence-electron chi connectivity index (χ4n) is 8.11. The molecule has 0 aromatic heterocycles. The lowest BCUT2D eigenvalue weighted by molar-refractivity contribution is -0.143. The molecule has 0 radical (unpaired) electrons. The Bertz CT molecular complexity index is 1800. The van der Waals surface area contributed by atoms with Gasteiger partial charge in [0.25, 0.3) is 0 Å². The van der Waals surface area contributed by atoms with Crippen LogP contribution in [0.2, 0.25) is 0 Å². The van der Waals surface area contributed by atoms with Gasteiger partial charge in [0, 0.05) is 13.0 Å². The van der Waals surface area contributed by atoms with Gasteiger partial charge < -0.3 is 68.9 Å². The average molecular weight is 1010 g/mol. The van der Waals surface area contributed by atoms with Gasteiger partial charge in [0.1, 0.15) is 48.3 Å². The first-order valence-electron chi connectivity index (χ1n) is 25.1. The van der Waals surface area contributed by atoms with Crippen LogP contribution in [0.5, 0.6) is 0 Å². The van der Waals surface area contributed by atoms with Crippen LogP contribution in [0, 0.1) is 29.6 Å². The van der Waals surface area contributed by atoms with Crippen molar-refractivity contribution >= 4 is 59.2 Å². The number of nitrogens with zero attached hydrogens (tertiary/aromatic N) is 1. The molecule has 9 atom stereocenters. The van der Waals surface area contributed by atoms with E-state index in [2.05, 4.69) is 37.2 Å². The minimum atomic E-state index is -1.61. The molecule has 0 bridgehead atoms. The number of aliphatic hydroxyl groups excluding tert-OH is 1. The average Bonchev–Trinajstić information content (AvgIpc) is 3.76. The molecule has 8 amide bonds. The van der Waals surface area contributed by atoms with Crippen LogP contribution in [0.25, 0.3) is 0 Å². The molecule has 71 heavy (non-hydrogen) atoms. The van der Waals surface area contributed by atoms with Crippen LogP contribution in [0.4, 0.5) is 0 Å². The third-order valence-electron chi connectivity index (χ3n) is 11.8. The predicted octanol–water partition coefficient (Wildman–Crippen LogP) is -0.391.